The third-order valence-corrected chi connectivity index (χ3v) is 4.59. The van der Waals surface area contributed by atoms with Gasteiger partial charge in [-0.2, -0.15) is 0 Å². The zero-order chi connectivity index (χ0) is 18.6. The Morgan fingerprint density at radius 2 is 2.16 bits per heavy atom. The van der Waals surface area contributed by atoms with Gasteiger partial charge in [0.2, 0.25) is 5.91 Å². The van der Waals surface area contributed by atoms with Crippen LogP contribution in [0.1, 0.15) is 35.9 Å². The van der Waals surface area contributed by atoms with Crippen molar-refractivity contribution in [2.45, 2.75) is 26.7 Å². The molecule has 2 amide bonds. The minimum atomic E-state index is -0.351. The van der Waals surface area contributed by atoms with Crippen molar-refractivity contribution in [3.05, 3.63) is 22.1 Å². The molecule has 0 saturated carbocycles. The molecule has 2 rings (SSSR count). The fraction of sp³-hybridized carbons (Fsp3) is 0.588. The second-order valence-corrected chi connectivity index (χ2v) is 6.94. The van der Waals surface area contributed by atoms with Crippen LogP contribution in [0.4, 0.5) is 0 Å². The van der Waals surface area contributed by atoms with Crippen LogP contribution in [0.2, 0.25) is 0 Å². The average Bonchev–Trinajstić information content (AvgIpc) is 2.92. The maximum Gasteiger partial charge on any atom is 0.310 e. The number of ether oxygens (including phenoxy) is 1. The van der Waals surface area contributed by atoms with E-state index < -0.39 is 0 Å². The van der Waals surface area contributed by atoms with Gasteiger partial charge in [0.15, 0.2) is 10.4 Å². The third-order valence-electron chi connectivity index (χ3n) is 4.20. The lowest BCUT2D eigenvalue weighted by Crippen LogP contribution is -2.47. The number of furan rings is 1. The highest BCUT2D eigenvalue weighted by molar-refractivity contribution is 9.10. The van der Waals surface area contributed by atoms with Crippen LogP contribution in [0, 0.1) is 12.8 Å². The lowest BCUT2D eigenvalue weighted by molar-refractivity contribution is -0.151. The minimum absolute atomic E-state index is 0.0634. The van der Waals surface area contributed by atoms with Gasteiger partial charge in [0, 0.05) is 25.7 Å². The molecule has 0 aromatic carbocycles. The Hall–Kier alpha value is -1.83. The van der Waals surface area contributed by atoms with Crippen molar-refractivity contribution in [2.24, 2.45) is 5.92 Å². The Balaban J connectivity index is 1.95. The number of carbonyl (C=O) groups excluding carboxylic acids is 3. The summed E-state index contributed by atoms with van der Waals surface area (Å²) in [6, 6.07) is 1.71. The number of rotatable bonds is 5. The molecule has 8 heteroatoms. The number of hydrogen-bond acceptors (Lipinski definition) is 5. The molecule has 25 heavy (non-hydrogen) atoms. The highest BCUT2D eigenvalue weighted by atomic mass is 79.9. The van der Waals surface area contributed by atoms with Gasteiger partial charge >= 0.3 is 5.97 Å². The normalized spacial score (nSPS) is 17.3. The lowest BCUT2D eigenvalue weighted by Gasteiger charge is -2.32. The monoisotopic (exact) mass is 414 g/mol. The Labute approximate surface area is 155 Å². The smallest absolute Gasteiger partial charge is 0.310 e. The average molecular weight is 415 g/mol. The summed E-state index contributed by atoms with van der Waals surface area (Å²) in [6.07, 6.45) is 1.47. The number of piperidine rings is 1. The van der Waals surface area contributed by atoms with Crippen molar-refractivity contribution in [3.63, 3.8) is 0 Å². The Bertz CT molecular complexity index is 657. The number of aryl methyl sites for hydroxylation is 1. The molecule has 2 heterocycles. The number of likely N-dealkylation sites (tertiary alicyclic amines) is 1. The van der Waals surface area contributed by atoms with E-state index in [1.165, 1.54) is 4.90 Å². The van der Waals surface area contributed by atoms with E-state index in [4.69, 9.17) is 9.15 Å². The molecule has 0 aliphatic carbocycles. The highest BCUT2D eigenvalue weighted by Gasteiger charge is 2.30. The molecule has 7 nitrogen and oxygen atoms in total. The van der Waals surface area contributed by atoms with Gasteiger partial charge in [-0.25, -0.2) is 0 Å². The topological polar surface area (TPSA) is 80.1 Å². The number of hydrogen-bond donors (Lipinski definition) is 0. The summed E-state index contributed by atoms with van der Waals surface area (Å²) in [5, 5.41) is 0. The van der Waals surface area contributed by atoms with Gasteiger partial charge in [-0.05, 0) is 48.7 Å². The van der Waals surface area contributed by atoms with Crippen molar-refractivity contribution in [2.75, 3.05) is 33.3 Å². The van der Waals surface area contributed by atoms with Crippen LogP contribution in [0.15, 0.2) is 15.2 Å². The molecule has 0 N–H and O–H groups in total. The van der Waals surface area contributed by atoms with Crippen LogP contribution in [-0.2, 0) is 14.3 Å². The molecule has 1 aliphatic heterocycles. The molecule has 1 saturated heterocycles. The fourth-order valence-corrected chi connectivity index (χ4v) is 3.37. The first-order valence-corrected chi connectivity index (χ1v) is 9.08. The number of halogens is 1. The molecule has 0 radical (unpaired) electrons. The van der Waals surface area contributed by atoms with E-state index in [0.29, 0.717) is 29.9 Å². The summed E-state index contributed by atoms with van der Waals surface area (Å²) in [7, 11) is 1.56. The summed E-state index contributed by atoms with van der Waals surface area (Å²) < 4.78 is 10.9. The number of amides is 2. The first-order chi connectivity index (χ1) is 11.8. The van der Waals surface area contributed by atoms with Crippen molar-refractivity contribution in [1.82, 2.24) is 9.80 Å². The van der Waals surface area contributed by atoms with Crippen LogP contribution in [-0.4, -0.2) is 60.9 Å². The number of esters is 1. The van der Waals surface area contributed by atoms with Crippen LogP contribution >= 0.6 is 15.9 Å². The molecule has 1 fully saturated rings. The highest BCUT2D eigenvalue weighted by Crippen LogP contribution is 2.21. The lowest BCUT2D eigenvalue weighted by atomic mass is 9.98. The van der Waals surface area contributed by atoms with Crippen molar-refractivity contribution in [3.8, 4) is 0 Å². The Morgan fingerprint density at radius 3 is 2.76 bits per heavy atom. The van der Waals surface area contributed by atoms with Crippen molar-refractivity contribution < 1.29 is 23.5 Å². The van der Waals surface area contributed by atoms with Gasteiger partial charge < -0.3 is 19.0 Å². The summed E-state index contributed by atoms with van der Waals surface area (Å²) >= 11 is 3.19. The van der Waals surface area contributed by atoms with Gasteiger partial charge in [-0.3, -0.25) is 14.4 Å². The SMILES string of the molecule is CCOC(=O)C1CCCN(C(=O)CN(C)C(=O)c2oc(Br)cc2C)C1. The van der Waals surface area contributed by atoms with E-state index in [1.54, 1.807) is 31.9 Å². The van der Waals surface area contributed by atoms with Crippen LogP contribution < -0.4 is 0 Å². The maximum atomic E-state index is 12.5. The Morgan fingerprint density at radius 1 is 1.44 bits per heavy atom. The standard InChI is InChI=1S/C17H23BrN2O5/c1-4-24-17(23)12-6-5-7-20(9-12)14(21)10-19(3)16(22)15-11(2)8-13(18)25-15/h8,12H,4-7,9-10H2,1-3H3. The fourth-order valence-electron chi connectivity index (χ4n) is 2.86. The van der Waals surface area contributed by atoms with Crippen molar-refractivity contribution >= 4 is 33.7 Å². The zero-order valence-corrected chi connectivity index (χ0v) is 16.3. The summed E-state index contributed by atoms with van der Waals surface area (Å²) in [6.45, 7) is 4.72. The summed E-state index contributed by atoms with van der Waals surface area (Å²) in [5.74, 6) is -0.878. The molecule has 0 spiro atoms. The van der Waals surface area contributed by atoms with Gasteiger partial charge in [0.1, 0.15) is 0 Å². The number of likely N-dealkylation sites (N-methyl/N-ethyl adjacent to an activating group) is 1. The van der Waals surface area contributed by atoms with E-state index in [2.05, 4.69) is 15.9 Å². The van der Waals surface area contributed by atoms with Gasteiger partial charge in [-0.1, -0.05) is 0 Å². The predicted octanol–water partition coefficient (Wildman–Crippen LogP) is 2.22. The van der Waals surface area contributed by atoms with Gasteiger partial charge in [0.05, 0.1) is 19.1 Å². The molecule has 0 bridgehead atoms. The molecular weight excluding hydrogens is 392 g/mol. The minimum Gasteiger partial charge on any atom is -0.466 e. The van der Waals surface area contributed by atoms with E-state index in [-0.39, 0.29) is 36.0 Å². The molecule has 1 atom stereocenters. The van der Waals surface area contributed by atoms with E-state index in [9.17, 15) is 14.4 Å². The van der Waals surface area contributed by atoms with Crippen LogP contribution in [0.25, 0.3) is 0 Å². The van der Waals surface area contributed by atoms with E-state index in [1.807, 2.05) is 0 Å². The van der Waals surface area contributed by atoms with E-state index in [0.717, 1.165) is 12.8 Å². The first kappa shape index (κ1) is 19.5. The van der Waals surface area contributed by atoms with Gasteiger partial charge in [0.25, 0.3) is 5.91 Å². The zero-order valence-electron chi connectivity index (χ0n) is 14.7. The quantitative estimate of drug-likeness (QED) is 0.690. The predicted molar refractivity (Wildman–Crippen MR) is 94.0 cm³/mol. The second-order valence-electron chi connectivity index (χ2n) is 6.15. The molecule has 1 aromatic heterocycles. The van der Waals surface area contributed by atoms with Gasteiger partial charge in [-0.15, -0.1) is 0 Å². The molecule has 1 aromatic rings. The molecule has 138 valence electrons. The molecular formula is C17H23BrN2O5. The first-order valence-electron chi connectivity index (χ1n) is 8.29. The Kier molecular flexibility index (Phi) is 6.64. The van der Waals surface area contributed by atoms with Crippen molar-refractivity contribution in [1.29, 1.82) is 0 Å². The maximum absolute atomic E-state index is 12.5. The molecule has 1 unspecified atom stereocenters. The van der Waals surface area contributed by atoms with E-state index >= 15 is 0 Å². The third kappa shape index (κ3) is 4.84. The van der Waals surface area contributed by atoms with Crippen LogP contribution in [0.5, 0.6) is 0 Å². The summed E-state index contributed by atoms with van der Waals surface area (Å²) in [5.41, 5.74) is 0.705. The molecule has 1 aliphatic rings. The second kappa shape index (κ2) is 8.51. The largest absolute Gasteiger partial charge is 0.466 e. The van der Waals surface area contributed by atoms with Crippen LogP contribution in [0.3, 0.4) is 0 Å². The number of nitrogens with zero attached hydrogens (tertiary/aromatic N) is 2. The summed E-state index contributed by atoms with van der Waals surface area (Å²) in [4.78, 5) is 39.8. The number of carbonyl (C=O) groups is 3.